The SMILES string of the molecule is CCOCC(=O)Nc1cccc(OCC(=O)OCC)c1. The van der Waals surface area contributed by atoms with E-state index in [0.29, 0.717) is 24.7 Å². The van der Waals surface area contributed by atoms with Gasteiger partial charge in [0.1, 0.15) is 12.4 Å². The van der Waals surface area contributed by atoms with Crippen LogP contribution in [0.3, 0.4) is 0 Å². The van der Waals surface area contributed by atoms with Gasteiger partial charge in [-0.1, -0.05) is 6.07 Å². The van der Waals surface area contributed by atoms with Crippen molar-refractivity contribution in [3.05, 3.63) is 24.3 Å². The van der Waals surface area contributed by atoms with Crippen molar-refractivity contribution in [1.29, 1.82) is 0 Å². The van der Waals surface area contributed by atoms with Gasteiger partial charge in [0.15, 0.2) is 6.61 Å². The van der Waals surface area contributed by atoms with Crippen LogP contribution in [0.15, 0.2) is 24.3 Å². The van der Waals surface area contributed by atoms with Crippen LogP contribution in [0.25, 0.3) is 0 Å². The first-order chi connectivity index (χ1) is 9.65. The Labute approximate surface area is 118 Å². The van der Waals surface area contributed by atoms with E-state index >= 15 is 0 Å². The van der Waals surface area contributed by atoms with E-state index in [-0.39, 0.29) is 19.1 Å². The quantitative estimate of drug-likeness (QED) is 0.733. The molecule has 6 heteroatoms. The summed E-state index contributed by atoms with van der Waals surface area (Å²) in [6, 6.07) is 6.76. The molecule has 0 aliphatic carbocycles. The minimum absolute atomic E-state index is 0.00438. The van der Waals surface area contributed by atoms with Crippen molar-refractivity contribution in [2.24, 2.45) is 0 Å². The van der Waals surface area contributed by atoms with E-state index in [1.165, 1.54) is 0 Å². The monoisotopic (exact) mass is 281 g/mol. The molecule has 110 valence electrons. The molecule has 0 radical (unpaired) electrons. The van der Waals surface area contributed by atoms with Gasteiger partial charge in [-0.3, -0.25) is 4.79 Å². The van der Waals surface area contributed by atoms with Crippen molar-refractivity contribution in [2.75, 3.05) is 31.7 Å². The topological polar surface area (TPSA) is 73.9 Å². The summed E-state index contributed by atoms with van der Waals surface area (Å²) in [6.45, 7) is 4.18. The maximum atomic E-state index is 11.5. The summed E-state index contributed by atoms with van der Waals surface area (Å²) in [6.07, 6.45) is 0. The fourth-order valence-electron chi connectivity index (χ4n) is 1.40. The Morgan fingerprint density at radius 1 is 1.15 bits per heavy atom. The summed E-state index contributed by atoms with van der Waals surface area (Å²) in [7, 11) is 0. The van der Waals surface area contributed by atoms with Crippen LogP contribution in [0, 0.1) is 0 Å². The van der Waals surface area contributed by atoms with Gasteiger partial charge in [0.2, 0.25) is 5.91 Å². The predicted octanol–water partition coefficient (Wildman–Crippen LogP) is 1.60. The number of esters is 1. The lowest BCUT2D eigenvalue weighted by molar-refractivity contribution is -0.145. The smallest absolute Gasteiger partial charge is 0.344 e. The molecule has 1 N–H and O–H groups in total. The molecule has 0 spiro atoms. The van der Waals surface area contributed by atoms with Crippen LogP contribution < -0.4 is 10.1 Å². The lowest BCUT2D eigenvalue weighted by atomic mass is 10.3. The summed E-state index contributed by atoms with van der Waals surface area (Å²) in [5, 5.41) is 2.67. The van der Waals surface area contributed by atoms with E-state index < -0.39 is 5.97 Å². The van der Waals surface area contributed by atoms with Crippen molar-refractivity contribution in [3.63, 3.8) is 0 Å². The fourth-order valence-corrected chi connectivity index (χ4v) is 1.40. The molecule has 0 fully saturated rings. The second kappa shape index (κ2) is 8.92. The van der Waals surface area contributed by atoms with Crippen LogP contribution >= 0.6 is 0 Å². The number of ether oxygens (including phenoxy) is 3. The number of benzene rings is 1. The zero-order valence-corrected chi connectivity index (χ0v) is 11.7. The second-order valence-electron chi connectivity index (χ2n) is 3.81. The highest BCUT2D eigenvalue weighted by Crippen LogP contribution is 2.17. The minimum atomic E-state index is -0.432. The molecule has 0 heterocycles. The van der Waals surface area contributed by atoms with Crippen LogP contribution in [0.1, 0.15) is 13.8 Å². The average Bonchev–Trinajstić information content (AvgIpc) is 2.44. The maximum Gasteiger partial charge on any atom is 0.344 e. The van der Waals surface area contributed by atoms with Crippen molar-refractivity contribution in [2.45, 2.75) is 13.8 Å². The van der Waals surface area contributed by atoms with Crippen LogP contribution in [-0.2, 0) is 19.1 Å². The van der Waals surface area contributed by atoms with Gasteiger partial charge in [-0.2, -0.15) is 0 Å². The molecule has 0 aromatic heterocycles. The highest BCUT2D eigenvalue weighted by atomic mass is 16.6. The zero-order valence-electron chi connectivity index (χ0n) is 11.7. The van der Waals surface area contributed by atoms with Gasteiger partial charge in [0.05, 0.1) is 6.61 Å². The largest absolute Gasteiger partial charge is 0.482 e. The first-order valence-corrected chi connectivity index (χ1v) is 6.41. The highest BCUT2D eigenvalue weighted by Gasteiger charge is 2.05. The summed E-state index contributed by atoms with van der Waals surface area (Å²) in [5.74, 6) is -0.194. The van der Waals surface area contributed by atoms with Gasteiger partial charge < -0.3 is 19.5 Å². The molecule has 0 bridgehead atoms. The summed E-state index contributed by atoms with van der Waals surface area (Å²) >= 11 is 0. The number of hydrogen-bond donors (Lipinski definition) is 1. The maximum absolute atomic E-state index is 11.5. The lowest BCUT2D eigenvalue weighted by Gasteiger charge is -2.09. The van der Waals surface area contributed by atoms with Gasteiger partial charge in [0.25, 0.3) is 0 Å². The molecule has 1 aromatic rings. The van der Waals surface area contributed by atoms with Crippen LogP contribution in [0.2, 0.25) is 0 Å². The summed E-state index contributed by atoms with van der Waals surface area (Å²) in [4.78, 5) is 22.6. The van der Waals surface area contributed by atoms with Gasteiger partial charge in [-0.05, 0) is 26.0 Å². The first-order valence-electron chi connectivity index (χ1n) is 6.41. The predicted molar refractivity (Wildman–Crippen MR) is 73.7 cm³/mol. The standard InChI is InChI=1S/C14H19NO5/c1-3-18-9-13(16)15-11-6-5-7-12(8-11)20-10-14(17)19-4-2/h5-8H,3-4,9-10H2,1-2H3,(H,15,16). The molecule has 0 saturated carbocycles. The second-order valence-corrected chi connectivity index (χ2v) is 3.81. The van der Waals surface area contributed by atoms with Gasteiger partial charge in [-0.25, -0.2) is 4.79 Å². The number of carbonyl (C=O) groups excluding carboxylic acids is 2. The van der Waals surface area contributed by atoms with E-state index in [1.807, 2.05) is 6.92 Å². The van der Waals surface area contributed by atoms with Crippen molar-refractivity contribution >= 4 is 17.6 Å². The van der Waals surface area contributed by atoms with Crippen LogP contribution in [0.4, 0.5) is 5.69 Å². The summed E-state index contributed by atoms with van der Waals surface area (Å²) < 4.78 is 15.0. The van der Waals surface area contributed by atoms with Gasteiger partial charge in [-0.15, -0.1) is 0 Å². The minimum Gasteiger partial charge on any atom is -0.482 e. The number of hydrogen-bond acceptors (Lipinski definition) is 5. The third-order valence-corrected chi connectivity index (χ3v) is 2.22. The van der Waals surface area contributed by atoms with E-state index in [2.05, 4.69) is 5.32 Å². The van der Waals surface area contributed by atoms with E-state index in [4.69, 9.17) is 14.2 Å². The lowest BCUT2D eigenvalue weighted by Crippen LogP contribution is -2.18. The molecule has 0 saturated heterocycles. The number of amides is 1. The Kier molecular flexibility index (Phi) is 7.13. The Balaban J connectivity index is 2.48. The Morgan fingerprint density at radius 2 is 1.95 bits per heavy atom. The normalized spacial score (nSPS) is 9.90. The zero-order chi connectivity index (χ0) is 14.8. The third kappa shape index (κ3) is 6.19. The fraction of sp³-hybridized carbons (Fsp3) is 0.429. The van der Waals surface area contributed by atoms with Crippen molar-refractivity contribution < 1.29 is 23.8 Å². The van der Waals surface area contributed by atoms with Crippen molar-refractivity contribution in [3.8, 4) is 5.75 Å². The molecular weight excluding hydrogens is 262 g/mol. The molecule has 0 aliphatic heterocycles. The number of anilines is 1. The van der Waals surface area contributed by atoms with Crippen molar-refractivity contribution in [1.82, 2.24) is 0 Å². The van der Waals surface area contributed by atoms with Gasteiger partial charge in [0, 0.05) is 18.4 Å². The van der Waals surface area contributed by atoms with E-state index in [0.717, 1.165) is 0 Å². The molecule has 0 unspecified atom stereocenters. The molecule has 1 aromatic carbocycles. The molecular formula is C14H19NO5. The Hall–Kier alpha value is -2.08. The van der Waals surface area contributed by atoms with Crippen LogP contribution in [-0.4, -0.2) is 38.3 Å². The number of rotatable bonds is 8. The number of nitrogens with one attached hydrogen (secondary N) is 1. The highest BCUT2D eigenvalue weighted by molar-refractivity contribution is 5.91. The summed E-state index contributed by atoms with van der Waals surface area (Å²) in [5.41, 5.74) is 0.580. The molecule has 0 aliphatic rings. The molecule has 1 rings (SSSR count). The number of carbonyl (C=O) groups is 2. The Morgan fingerprint density at radius 3 is 2.65 bits per heavy atom. The van der Waals surface area contributed by atoms with Gasteiger partial charge >= 0.3 is 5.97 Å². The average molecular weight is 281 g/mol. The van der Waals surface area contributed by atoms with Crippen LogP contribution in [0.5, 0.6) is 5.75 Å². The molecule has 0 atom stereocenters. The first kappa shape index (κ1) is 16.0. The third-order valence-electron chi connectivity index (χ3n) is 2.22. The van der Waals surface area contributed by atoms with E-state index in [9.17, 15) is 9.59 Å². The van der Waals surface area contributed by atoms with E-state index in [1.54, 1.807) is 31.2 Å². The molecule has 1 amide bonds. The Bertz CT molecular complexity index is 447. The molecule has 20 heavy (non-hydrogen) atoms. The molecule has 6 nitrogen and oxygen atoms in total.